The van der Waals surface area contributed by atoms with E-state index in [2.05, 4.69) is 5.32 Å². The number of hydrogen-bond acceptors (Lipinski definition) is 6. The quantitative estimate of drug-likeness (QED) is 0.778. The Morgan fingerprint density at radius 3 is 2.77 bits per heavy atom. The number of carbonyl (C=O) groups is 2. The van der Waals surface area contributed by atoms with Gasteiger partial charge in [0.15, 0.2) is 17.6 Å². The lowest BCUT2D eigenvalue weighted by atomic mass is 10.2. The highest BCUT2D eigenvalue weighted by Crippen LogP contribution is 2.32. The molecule has 0 saturated carbocycles. The fourth-order valence-corrected chi connectivity index (χ4v) is 2.51. The summed E-state index contributed by atoms with van der Waals surface area (Å²) < 4.78 is 15.6. The predicted molar refractivity (Wildman–Crippen MR) is 92.4 cm³/mol. The molecular weight excluding hydrogens is 362 g/mol. The summed E-state index contributed by atoms with van der Waals surface area (Å²) in [5.74, 6) is -0.315. The van der Waals surface area contributed by atoms with Crippen LogP contribution in [0.25, 0.3) is 0 Å². The van der Waals surface area contributed by atoms with E-state index in [1.54, 1.807) is 18.2 Å². The summed E-state index contributed by atoms with van der Waals surface area (Å²) in [5.41, 5.74) is 0.751. The van der Waals surface area contributed by atoms with Crippen LogP contribution in [-0.2, 0) is 16.1 Å². The van der Waals surface area contributed by atoms with Crippen molar-refractivity contribution in [2.24, 2.45) is 0 Å². The fraction of sp³-hybridized carbons (Fsp3) is 0.222. The van der Waals surface area contributed by atoms with Gasteiger partial charge in [-0.05, 0) is 42.8 Å². The highest BCUT2D eigenvalue weighted by atomic mass is 35.5. The molecule has 2 aromatic rings. The topological polar surface area (TPSA) is 94.1 Å². The van der Waals surface area contributed by atoms with Crippen molar-refractivity contribution in [2.75, 3.05) is 6.79 Å². The number of benzene rings is 2. The minimum Gasteiger partial charge on any atom is -0.507 e. The first kappa shape index (κ1) is 17.9. The fourth-order valence-electron chi connectivity index (χ4n) is 2.34. The van der Waals surface area contributed by atoms with Gasteiger partial charge in [-0.1, -0.05) is 17.7 Å². The first-order chi connectivity index (χ1) is 12.4. The summed E-state index contributed by atoms with van der Waals surface area (Å²) in [6.07, 6.45) is -1.04. The molecule has 0 spiro atoms. The van der Waals surface area contributed by atoms with E-state index in [0.29, 0.717) is 11.5 Å². The molecule has 1 heterocycles. The van der Waals surface area contributed by atoms with Gasteiger partial charge in [0.2, 0.25) is 6.79 Å². The van der Waals surface area contributed by atoms with Crippen molar-refractivity contribution in [1.29, 1.82) is 0 Å². The Morgan fingerprint density at radius 1 is 1.23 bits per heavy atom. The molecule has 1 atom stereocenters. The average Bonchev–Trinajstić information content (AvgIpc) is 3.07. The molecule has 7 nitrogen and oxygen atoms in total. The Hall–Kier alpha value is -2.93. The minimum absolute atomic E-state index is 0.0650. The van der Waals surface area contributed by atoms with E-state index in [-0.39, 0.29) is 29.7 Å². The summed E-state index contributed by atoms with van der Waals surface area (Å²) in [6, 6.07) is 9.33. The van der Waals surface area contributed by atoms with Crippen molar-refractivity contribution in [3.05, 3.63) is 52.5 Å². The van der Waals surface area contributed by atoms with Gasteiger partial charge in [0.05, 0.1) is 0 Å². The molecule has 8 heteroatoms. The molecular formula is C18H16ClNO6. The summed E-state index contributed by atoms with van der Waals surface area (Å²) in [5, 5.41) is 12.7. The Balaban J connectivity index is 1.55. The van der Waals surface area contributed by atoms with Gasteiger partial charge in [-0.25, -0.2) is 4.79 Å². The molecule has 0 fully saturated rings. The smallest absolute Gasteiger partial charge is 0.342 e. The van der Waals surface area contributed by atoms with Crippen molar-refractivity contribution < 1.29 is 28.9 Å². The third-order valence-corrected chi connectivity index (χ3v) is 3.97. The van der Waals surface area contributed by atoms with Gasteiger partial charge in [-0.3, -0.25) is 4.79 Å². The van der Waals surface area contributed by atoms with Crippen molar-refractivity contribution in [3.63, 3.8) is 0 Å². The lowest BCUT2D eigenvalue weighted by molar-refractivity contribution is -0.129. The van der Waals surface area contributed by atoms with Gasteiger partial charge >= 0.3 is 5.97 Å². The van der Waals surface area contributed by atoms with E-state index in [9.17, 15) is 14.7 Å². The highest BCUT2D eigenvalue weighted by molar-refractivity contribution is 6.30. The largest absolute Gasteiger partial charge is 0.507 e. The molecule has 0 aromatic heterocycles. The summed E-state index contributed by atoms with van der Waals surface area (Å²) in [6.45, 7) is 1.86. The molecule has 1 aliphatic heterocycles. The van der Waals surface area contributed by atoms with E-state index in [1.807, 2.05) is 0 Å². The van der Waals surface area contributed by atoms with Crippen LogP contribution in [-0.4, -0.2) is 29.9 Å². The third-order valence-electron chi connectivity index (χ3n) is 3.74. The second-order valence-electron chi connectivity index (χ2n) is 5.61. The molecule has 26 heavy (non-hydrogen) atoms. The van der Waals surface area contributed by atoms with Gasteiger partial charge in [0, 0.05) is 11.6 Å². The van der Waals surface area contributed by atoms with E-state index in [1.165, 1.54) is 25.1 Å². The lowest BCUT2D eigenvalue weighted by Gasteiger charge is -2.14. The summed E-state index contributed by atoms with van der Waals surface area (Å²) in [4.78, 5) is 24.2. The maximum absolute atomic E-state index is 12.1. The SMILES string of the molecule is C[C@@H](OC(=O)c1ccc(Cl)cc1O)C(=O)NCc1ccc2c(c1)OCO2. The Labute approximate surface area is 154 Å². The number of phenolic OH excluding ortho intramolecular Hbond substituents is 1. The van der Waals surface area contributed by atoms with Crippen LogP contribution in [0.4, 0.5) is 0 Å². The second-order valence-corrected chi connectivity index (χ2v) is 6.05. The Kier molecular flexibility index (Phi) is 5.18. The van der Waals surface area contributed by atoms with Crippen LogP contribution in [0.2, 0.25) is 5.02 Å². The third kappa shape index (κ3) is 4.00. The van der Waals surface area contributed by atoms with Crippen LogP contribution in [0.5, 0.6) is 17.2 Å². The van der Waals surface area contributed by atoms with Gasteiger partial charge in [0.1, 0.15) is 11.3 Å². The van der Waals surface area contributed by atoms with Gasteiger partial charge in [-0.15, -0.1) is 0 Å². The number of esters is 1. The van der Waals surface area contributed by atoms with E-state index < -0.39 is 18.0 Å². The molecule has 136 valence electrons. The van der Waals surface area contributed by atoms with Crippen LogP contribution < -0.4 is 14.8 Å². The average molecular weight is 378 g/mol. The summed E-state index contributed by atoms with van der Waals surface area (Å²) >= 11 is 5.72. The zero-order chi connectivity index (χ0) is 18.7. The molecule has 0 aliphatic carbocycles. The molecule has 0 radical (unpaired) electrons. The number of rotatable bonds is 5. The standard InChI is InChI=1S/C18H16ClNO6/c1-10(26-18(23)13-4-3-12(19)7-14(13)21)17(22)20-8-11-2-5-15-16(6-11)25-9-24-15/h2-7,10,21H,8-9H2,1H3,(H,20,22)/t10-/m1/s1. The van der Waals surface area contributed by atoms with Crippen molar-refractivity contribution >= 4 is 23.5 Å². The van der Waals surface area contributed by atoms with E-state index in [4.69, 9.17) is 25.8 Å². The number of carbonyl (C=O) groups excluding carboxylic acids is 2. The number of aromatic hydroxyl groups is 1. The number of halogens is 1. The van der Waals surface area contributed by atoms with E-state index >= 15 is 0 Å². The monoisotopic (exact) mass is 377 g/mol. The summed E-state index contributed by atoms with van der Waals surface area (Å²) in [7, 11) is 0. The van der Waals surface area contributed by atoms with Crippen LogP contribution >= 0.6 is 11.6 Å². The Bertz CT molecular complexity index is 854. The Morgan fingerprint density at radius 2 is 2.00 bits per heavy atom. The van der Waals surface area contributed by atoms with Crippen LogP contribution in [0.15, 0.2) is 36.4 Å². The number of phenols is 1. The van der Waals surface area contributed by atoms with Gasteiger partial charge < -0.3 is 24.6 Å². The van der Waals surface area contributed by atoms with Crippen molar-refractivity contribution in [3.8, 4) is 17.2 Å². The van der Waals surface area contributed by atoms with E-state index in [0.717, 1.165) is 5.56 Å². The van der Waals surface area contributed by atoms with Crippen LogP contribution in [0.3, 0.4) is 0 Å². The molecule has 1 aliphatic rings. The number of hydrogen-bond donors (Lipinski definition) is 2. The minimum atomic E-state index is -1.04. The second kappa shape index (κ2) is 7.53. The molecule has 1 amide bonds. The number of amides is 1. The normalized spacial score (nSPS) is 13.2. The molecule has 0 bridgehead atoms. The molecule has 2 aromatic carbocycles. The zero-order valence-electron chi connectivity index (χ0n) is 13.8. The highest BCUT2D eigenvalue weighted by Gasteiger charge is 2.21. The maximum atomic E-state index is 12.1. The predicted octanol–water partition coefficient (Wildman–Crippen LogP) is 2.64. The number of fused-ring (bicyclic) bond motifs is 1. The van der Waals surface area contributed by atoms with Crippen LogP contribution in [0, 0.1) is 0 Å². The van der Waals surface area contributed by atoms with Gasteiger partial charge in [-0.2, -0.15) is 0 Å². The molecule has 2 N–H and O–H groups in total. The number of ether oxygens (including phenoxy) is 3. The lowest BCUT2D eigenvalue weighted by Crippen LogP contribution is -2.35. The van der Waals surface area contributed by atoms with Crippen molar-refractivity contribution in [2.45, 2.75) is 19.6 Å². The van der Waals surface area contributed by atoms with Gasteiger partial charge in [0.25, 0.3) is 5.91 Å². The molecule has 0 unspecified atom stereocenters. The molecule has 0 saturated heterocycles. The first-order valence-corrected chi connectivity index (χ1v) is 8.17. The van der Waals surface area contributed by atoms with Crippen LogP contribution in [0.1, 0.15) is 22.8 Å². The molecule has 3 rings (SSSR count). The maximum Gasteiger partial charge on any atom is 0.342 e. The first-order valence-electron chi connectivity index (χ1n) is 7.80. The zero-order valence-corrected chi connectivity index (χ0v) is 14.6. The van der Waals surface area contributed by atoms with Crippen molar-refractivity contribution in [1.82, 2.24) is 5.32 Å². The number of nitrogens with one attached hydrogen (secondary N) is 1.